The molecule has 1 aliphatic carbocycles. The molecule has 1 saturated heterocycles. The maximum atomic E-state index is 12.2. The van der Waals surface area contributed by atoms with E-state index in [2.05, 4.69) is 17.6 Å². The van der Waals surface area contributed by atoms with Gasteiger partial charge in [-0.2, -0.15) is 0 Å². The zero-order chi connectivity index (χ0) is 12.8. The van der Waals surface area contributed by atoms with Crippen LogP contribution in [0, 0.1) is 5.92 Å². The number of piperidine rings is 1. The Balaban J connectivity index is 1.78. The summed E-state index contributed by atoms with van der Waals surface area (Å²) in [5.41, 5.74) is 0.0699. The highest BCUT2D eigenvalue weighted by Gasteiger charge is 2.28. The Morgan fingerprint density at radius 1 is 1.17 bits per heavy atom. The third-order valence-electron chi connectivity index (χ3n) is 4.58. The molecule has 18 heavy (non-hydrogen) atoms. The van der Waals surface area contributed by atoms with Gasteiger partial charge in [0, 0.05) is 12.0 Å². The van der Waals surface area contributed by atoms with Crippen molar-refractivity contribution in [3.8, 4) is 0 Å². The monoisotopic (exact) mass is 252 g/mol. The molecule has 1 heterocycles. The Morgan fingerprint density at radius 3 is 2.39 bits per heavy atom. The topological polar surface area (TPSA) is 41.1 Å². The fourth-order valence-corrected chi connectivity index (χ4v) is 3.37. The van der Waals surface area contributed by atoms with Crippen LogP contribution in [0.3, 0.4) is 0 Å². The summed E-state index contributed by atoms with van der Waals surface area (Å²) in [7, 11) is 0. The molecule has 1 aliphatic heterocycles. The average Bonchev–Trinajstić information content (AvgIpc) is 2.55. The predicted octanol–water partition coefficient (Wildman–Crippen LogP) is 2.61. The Morgan fingerprint density at radius 2 is 1.78 bits per heavy atom. The lowest BCUT2D eigenvalue weighted by Gasteiger charge is -2.31. The van der Waals surface area contributed by atoms with Crippen molar-refractivity contribution in [1.82, 2.24) is 10.6 Å². The van der Waals surface area contributed by atoms with E-state index in [1.807, 2.05) is 0 Å². The molecule has 0 bridgehead atoms. The second kappa shape index (κ2) is 6.55. The minimum Gasteiger partial charge on any atom is -0.351 e. The molecule has 0 spiro atoms. The highest BCUT2D eigenvalue weighted by atomic mass is 16.1. The number of carbonyl (C=O) groups is 1. The summed E-state index contributed by atoms with van der Waals surface area (Å²) in [5.74, 6) is 0.881. The number of carbonyl (C=O) groups excluding carboxylic acids is 1. The maximum absolute atomic E-state index is 12.2. The van der Waals surface area contributed by atoms with Crippen molar-refractivity contribution in [2.24, 2.45) is 5.92 Å². The number of hydrogen-bond acceptors (Lipinski definition) is 2. The van der Waals surface area contributed by atoms with Gasteiger partial charge in [-0.3, -0.25) is 4.79 Å². The Kier molecular flexibility index (Phi) is 5.04. The second-order valence-electron chi connectivity index (χ2n) is 6.42. The van der Waals surface area contributed by atoms with E-state index in [0.717, 1.165) is 45.2 Å². The summed E-state index contributed by atoms with van der Waals surface area (Å²) in [6.45, 7) is 4.39. The first-order chi connectivity index (χ1) is 8.68. The van der Waals surface area contributed by atoms with Crippen LogP contribution in [0.2, 0.25) is 0 Å². The van der Waals surface area contributed by atoms with Crippen LogP contribution in [0.5, 0.6) is 0 Å². The van der Waals surface area contributed by atoms with Crippen LogP contribution in [0.15, 0.2) is 0 Å². The van der Waals surface area contributed by atoms with Crippen LogP contribution >= 0.6 is 0 Å². The van der Waals surface area contributed by atoms with E-state index >= 15 is 0 Å². The number of hydrogen-bond donors (Lipinski definition) is 2. The molecule has 0 aromatic heterocycles. The number of nitrogens with one attached hydrogen (secondary N) is 2. The molecule has 2 aliphatic rings. The molecule has 1 saturated carbocycles. The van der Waals surface area contributed by atoms with Crippen molar-refractivity contribution >= 4 is 5.91 Å². The van der Waals surface area contributed by atoms with Gasteiger partial charge >= 0.3 is 0 Å². The van der Waals surface area contributed by atoms with E-state index in [-0.39, 0.29) is 11.4 Å². The molecule has 2 fully saturated rings. The Bertz CT molecular complexity index is 264. The van der Waals surface area contributed by atoms with Gasteiger partial charge in [-0.1, -0.05) is 25.7 Å². The van der Waals surface area contributed by atoms with E-state index in [1.165, 1.54) is 25.7 Å². The third kappa shape index (κ3) is 4.27. The van der Waals surface area contributed by atoms with Crippen molar-refractivity contribution in [3.63, 3.8) is 0 Å². The van der Waals surface area contributed by atoms with Gasteiger partial charge in [0.15, 0.2) is 0 Å². The molecule has 3 heteroatoms. The molecule has 0 aromatic rings. The van der Waals surface area contributed by atoms with Gasteiger partial charge in [-0.05, 0) is 51.6 Å². The highest BCUT2D eigenvalue weighted by Crippen LogP contribution is 2.27. The fraction of sp³-hybridized carbons (Fsp3) is 0.933. The predicted molar refractivity (Wildman–Crippen MR) is 74.5 cm³/mol. The molecule has 0 aromatic carbocycles. The quantitative estimate of drug-likeness (QED) is 0.758. The molecule has 1 amide bonds. The zero-order valence-corrected chi connectivity index (χ0v) is 11.8. The maximum Gasteiger partial charge on any atom is 0.220 e. The number of amides is 1. The molecule has 104 valence electrons. The molecular formula is C15H28N2O. The van der Waals surface area contributed by atoms with E-state index in [4.69, 9.17) is 0 Å². The largest absolute Gasteiger partial charge is 0.351 e. The molecule has 2 rings (SSSR count). The van der Waals surface area contributed by atoms with E-state index in [1.54, 1.807) is 0 Å². The van der Waals surface area contributed by atoms with Gasteiger partial charge in [0.1, 0.15) is 0 Å². The summed E-state index contributed by atoms with van der Waals surface area (Å²) in [4.78, 5) is 12.2. The standard InChI is InChI=1S/C15H28N2O/c1-15(8-4-2-3-5-9-15)17-14(18)12-13-6-10-16-11-7-13/h13,16H,2-12H2,1H3,(H,17,18). The van der Waals surface area contributed by atoms with Crippen molar-refractivity contribution in [3.05, 3.63) is 0 Å². The summed E-state index contributed by atoms with van der Waals surface area (Å²) >= 11 is 0. The first kappa shape index (κ1) is 13.9. The van der Waals surface area contributed by atoms with Crippen LogP contribution in [0.1, 0.15) is 64.7 Å². The summed E-state index contributed by atoms with van der Waals surface area (Å²) in [6, 6.07) is 0. The Labute approximate surface area is 111 Å². The molecule has 2 N–H and O–H groups in total. The Hall–Kier alpha value is -0.570. The van der Waals surface area contributed by atoms with Crippen molar-refractivity contribution in [1.29, 1.82) is 0 Å². The lowest BCUT2D eigenvalue weighted by atomic mass is 9.90. The fourth-order valence-electron chi connectivity index (χ4n) is 3.37. The third-order valence-corrected chi connectivity index (χ3v) is 4.58. The van der Waals surface area contributed by atoms with Gasteiger partial charge in [0.05, 0.1) is 0 Å². The van der Waals surface area contributed by atoms with E-state index in [0.29, 0.717) is 5.92 Å². The lowest BCUT2D eigenvalue weighted by molar-refractivity contribution is -0.124. The molecule has 0 radical (unpaired) electrons. The van der Waals surface area contributed by atoms with Gasteiger partial charge in [0.2, 0.25) is 5.91 Å². The molecule has 3 nitrogen and oxygen atoms in total. The van der Waals surface area contributed by atoms with Gasteiger partial charge in [-0.15, -0.1) is 0 Å². The number of rotatable bonds is 3. The minimum atomic E-state index is 0.0699. The van der Waals surface area contributed by atoms with Crippen molar-refractivity contribution in [2.75, 3.05) is 13.1 Å². The van der Waals surface area contributed by atoms with Crippen LogP contribution < -0.4 is 10.6 Å². The summed E-state index contributed by atoms with van der Waals surface area (Å²) in [6.07, 6.45) is 10.6. The summed E-state index contributed by atoms with van der Waals surface area (Å²) in [5, 5.41) is 6.68. The second-order valence-corrected chi connectivity index (χ2v) is 6.42. The first-order valence-electron chi connectivity index (χ1n) is 7.70. The SMILES string of the molecule is CC1(NC(=O)CC2CCNCC2)CCCCCC1. The molecule has 0 unspecified atom stereocenters. The first-order valence-corrected chi connectivity index (χ1v) is 7.70. The van der Waals surface area contributed by atoms with Crippen LogP contribution in [0.4, 0.5) is 0 Å². The van der Waals surface area contributed by atoms with Gasteiger partial charge in [0.25, 0.3) is 0 Å². The zero-order valence-electron chi connectivity index (χ0n) is 11.8. The van der Waals surface area contributed by atoms with Crippen molar-refractivity contribution < 1.29 is 4.79 Å². The minimum absolute atomic E-state index is 0.0699. The van der Waals surface area contributed by atoms with Crippen molar-refractivity contribution in [2.45, 2.75) is 70.3 Å². The van der Waals surface area contributed by atoms with E-state index in [9.17, 15) is 4.79 Å². The van der Waals surface area contributed by atoms with Gasteiger partial charge in [-0.25, -0.2) is 0 Å². The van der Waals surface area contributed by atoms with Crippen LogP contribution in [-0.2, 0) is 4.79 Å². The smallest absolute Gasteiger partial charge is 0.220 e. The van der Waals surface area contributed by atoms with E-state index < -0.39 is 0 Å². The lowest BCUT2D eigenvalue weighted by Crippen LogP contribution is -2.46. The molecular weight excluding hydrogens is 224 g/mol. The average molecular weight is 252 g/mol. The van der Waals surface area contributed by atoms with Crippen LogP contribution in [-0.4, -0.2) is 24.5 Å². The normalized spacial score (nSPS) is 25.4. The van der Waals surface area contributed by atoms with Crippen LogP contribution in [0.25, 0.3) is 0 Å². The summed E-state index contributed by atoms with van der Waals surface area (Å²) < 4.78 is 0. The van der Waals surface area contributed by atoms with Gasteiger partial charge < -0.3 is 10.6 Å². The molecule has 0 atom stereocenters. The highest BCUT2D eigenvalue weighted by molar-refractivity contribution is 5.77.